The second-order valence-corrected chi connectivity index (χ2v) is 5.51. The lowest BCUT2D eigenvalue weighted by molar-refractivity contribution is 0.0566. The van der Waals surface area contributed by atoms with Crippen molar-refractivity contribution in [3.63, 3.8) is 0 Å². The van der Waals surface area contributed by atoms with Gasteiger partial charge < -0.3 is 14.5 Å². The number of H-pyrrole nitrogens is 1. The molecule has 24 heavy (non-hydrogen) atoms. The molecule has 0 spiro atoms. The van der Waals surface area contributed by atoms with Crippen LogP contribution in [0, 0.1) is 0 Å². The molecule has 0 radical (unpaired) electrons. The van der Waals surface area contributed by atoms with Crippen molar-refractivity contribution in [2.75, 3.05) is 32.8 Å². The Hall–Kier alpha value is -2.83. The van der Waals surface area contributed by atoms with Gasteiger partial charge >= 0.3 is 6.09 Å². The van der Waals surface area contributed by atoms with Gasteiger partial charge in [0.2, 0.25) is 0 Å². The molecule has 1 aliphatic heterocycles. The number of amides is 2. The SMILES string of the molecule is CCOC(=O)N1CCN(C(=O)c2cc(-c3ccccc3)n[nH]2)CC1. The number of nitrogens with zero attached hydrogens (tertiary/aromatic N) is 3. The number of carbonyl (C=O) groups excluding carboxylic acids is 2. The normalized spacial score (nSPS) is 14.5. The molecule has 0 bridgehead atoms. The lowest BCUT2D eigenvalue weighted by atomic mass is 10.1. The molecule has 0 aliphatic carbocycles. The number of carbonyl (C=O) groups is 2. The molecular formula is C17H20N4O3. The maximum atomic E-state index is 12.6. The van der Waals surface area contributed by atoms with Crippen LogP contribution in [-0.4, -0.2) is 64.8 Å². The van der Waals surface area contributed by atoms with Crippen LogP contribution in [0.15, 0.2) is 36.4 Å². The molecule has 1 fully saturated rings. The van der Waals surface area contributed by atoms with Gasteiger partial charge in [-0.3, -0.25) is 9.89 Å². The van der Waals surface area contributed by atoms with Gasteiger partial charge in [0.25, 0.3) is 5.91 Å². The molecule has 126 valence electrons. The van der Waals surface area contributed by atoms with E-state index in [1.165, 1.54) is 0 Å². The average Bonchev–Trinajstić information content (AvgIpc) is 3.12. The number of rotatable bonds is 3. The van der Waals surface area contributed by atoms with Crippen LogP contribution in [0.3, 0.4) is 0 Å². The molecule has 7 nitrogen and oxygen atoms in total. The molecule has 0 saturated carbocycles. The molecule has 1 N–H and O–H groups in total. The van der Waals surface area contributed by atoms with E-state index >= 15 is 0 Å². The molecule has 1 aliphatic rings. The number of ether oxygens (including phenoxy) is 1. The molecule has 1 aromatic heterocycles. The Morgan fingerprint density at radius 2 is 1.79 bits per heavy atom. The summed E-state index contributed by atoms with van der Waals surface area (Å²) >= 11 is 0. The van der Waals surface area contributed by atoms with Crippen LogP contribution < -0.4 is 0 Å². The molecule has 2 heterocycles. The number of aromatic nitrogens is 2. The second kappa shape index (κ2) is 7.16. The standard InChI is InChI=1S/C17H20N4O3/c1-2-24-17(23)21-10-8-20(9-11-21)16(22)15-12-14(18-19-15)13-6-4-3-5-7-13/h3-7,12H,2,8-11H2,1H3,(H,18,19). The maximum Gasteiger partial charge on any atom is 0.409 e. The quantitative estimate of drug-likeness (QED) is 0.934. The lowest BCUT2D eigenvalue weighted by Crippen LogP contribution is -2.50. The molecule has 1 aromatic carbocycles. The minimum atomic E-state index is -0.322. The summed E-state index contributed by atoms with van der Waals surface area (Å²) in [4.78, 5) is 27.6. The summed E-state index contributed by atoms with van der Waals surface area (Å²) in [7, 11) is 0. The minimum Gasteiger partial charge on any atom is -0.450 e. The van der Waals surface area contributed by atoms with Gasteiger partial charge in [-0.2, -0.15) is 5.10 Å². The van der Waals surface area contributed by atoms with Crippen molar-refractivity contribution < 1.29 is 14.3 Å². The fraction of sp³-hybridized carbons (Fsp3) is 0.353. The third-order valence-corrected chi connectivity index (χ3v) is 3.97. The van der Waals surface area contributed by atoms with Gasteiger partial charge in [-0.05, 0) is 13.0 Å². The highest BCUT2D eigenvalue weighted by Gasteiger charge is 2.26. The van der Waals surface area contributed by atoms with Gasteiger partial charge in [-0.15, -0.1) is 0 Å². The second-order valence-electron chi connectivity index (χ2n) is 5.51. The molecule has 7 heteroatoms. The fourth-order valence-corrected chi connectivity index (χ4v) is 2.67. The number of aromatic amines is 1. The fourth-order valence-electron chi connectivity index (χ4n) is 2.67. The van der Waals surface area contributed by atoms with Crippen LogP contribution in [0.5, 0.6) is 0 Å². The summed E-state index contributed by atoms with van der Waals surface area (Å²) in [6.07, 6.45) is -0.322. The molecule has 0 unspecified atom stereocenters. The zero-order valence-electron chi connectivity index (χ0n) is 13.6. The summed E-state index contributed by atoms with van der Waals surface area (Å²) in [5.41, 5.74) is 2.16. The molecule has 0 atom stereocenters. The Bertz CT molecular complexity index is 706. The van der Waals surface area contributed by atoms with Crippen LogP contribution in [0.25, 0.3) is 11.3 Å². The van der Waals surface area contributed by atoms with E-state index in [0.29, 0.717) is 38.5 Å². The van der Waals surface area contributed by atoms with E-state index in [9.17, 15) is 9.59 Å². The Kier molecular flexibility index (Phi) is 4.79. The van der Waals surface area contributed by atoms with Crippen molar-refractivity contribution in [3.8, 4) is 11.3 Å². The summed E-state index contributed by atoms with van der Waals surface area (Å²) in [5.74, 6) is -0.104. The number of hydrogen-bond donors (Lipinski definition) is 1. The number of nitrogens with one attached hydrogen (secondary N) is 1. The van der Waals surface area contributed by atoms with Gasteiger partial charge in [0, 0.05) is 31.7 Å². The predicted molar refractivity (Wildman–Crippen MR) is 88.5 cm³/mol. The highest BCUT2D eigenvalue weighted by Crippen LogP contribution is 2.18. The van der Waals surface area contributed by atoms with Crippen LogP contribution in [-0.2, 0) is 4.74 Å². The number of hydrogen-bond acceptors (Lipinski definition) is 4. The zero-order chi connectivity index (χ0) is 16.9. The van der Waals surface area contributed by atoms with Crippen LogP contribution >= 0.6 is 0 Å². The minimum absolute atomic E-state index is 0.104. The van der Waals surface area contributed by atoms with E-state index in [1.54, 1.807) is 22.8 Å². The van der Waals surface area contributed by atoms with Gasteiger partial charge in [-0.1, -0.05) is 30.3 Å². The Balaban J connectivity index is 1.62. The summed E-state index contributed by atoms with van der Waals surface area (Å²) < 4.78 is 4.98. The summed E-state index contributed by atoms with van der Waals surface area (Å²) in [5, 5.41) is 7.02. The first-order valence-electron chi connectivity index (χ1n) is 8.01. The van der Waals surface area contributed by atoms with Crippen LogP contribution in [0.1, 0.15) is 17.4 Å². The first kappa shape index (κ1) is 16.0. The lowest BCUT2D eigenvalue weighted by Gasteiger charge is -2.33. The Labute approximate surface area is 140 Å². The summed E-state index contributed by atoms with van der Waals surface area (Å²) in [6.45, 7) is 4.05. The van der Waals surface area contributed by atoms with E-state index < -0.39 is 0 Å². The van der Waals surface area contributed by atoms with Crippen molar-refractivity contribution in [2.45, 2.75) is 6.92 Å². The third-order valence-electron chi connectivity index (χ3n) is 3.97. The van der Waals surface area contributed by atoms with Crippen molar-refractivity contribution in [2.24, 2.45) is 0 Å². The maximum absolute atomic E-state index is 12.6. The Morgan fingerprint density at radius 3 is 2.46 bits per heavy atom. The van der Waals surface area contributed by atoms with E-state index in [4.69, 9.17) is 4.74 Å². The van der Waals surface area contributed by atoms with Crippen molar-refractivity contribution in [3.05, 3.63) is 42.1 Å². The molecular weight excluding hydrogens is 308 g/mol. The molecule has 3 rings (SSSR count). The highest BCUT2D eigenvalue weighted by molar-refractivity contribution is 5.93. The Morgan fingerprint density at radius 1 is 1.12 bits per heavy atom. The third kappa shape index (κ3) is 3.40. The van der Waals surface area contributed by atoms with Gasteiger partial charge in [0.1, 0.15) is 5.69 Å². The van der Waals surface area contributed by atoms with Gasteiger partial charge in [-0.25, -0.2) is 4.79 Å². The van der Waals surface area contributed by atoms with Crippen molar-refractivity contribution >= 4 is 12.0 Å². The van der Waals surface area contributed by atoms with Crippen LogP contribution in [0.4, 0.5) is 4.79 Å². The van der Waals surface area contributed by atoms with Crippen molar-refractivity contribution in [1.29, 1.82) is 0 Å². The molecule has 2 amide bonds. The molecule has 1 saturated heterocycles. The average molecular weight is 328 g/mol. The van der Waals surface area contributed by atoms with E-state index in [2.05, 4.69) is 10.2 Å². The summed E-state index contributed by atoms with van der Waals surface area (Å²) in [6, 6.07) is 11.5. The largest absolute Gasteiger partial charge is 0.450 e. The van der Waals surface area contributed by atoms with Crippen LogP contribution in [0.2, 0.25) is 0 Å². The molecule has 2 aromatic rings. The monoisotopic (exact) mass is 328 g/mol. The first-order chi connectivity index (χ1) is 11.7. The number of piperazine rings is 1. The van der Waals surface area contributed by atoms with Gasteiger partial charge in [0.15, 0.2) is 0 Å². The smallest absolute Gasteiger partial charge is 0.409 e. The van der Waals surface area contributed by atoms with E-state index in [-0.39, 0.29) is 12.0 Å². The van der Waals surface area contributed by atoms with Crippen molar-refractivity contribution in [1.82, 2.24) is 20.0 Å². The topological polar surface area (TPSA) is 78.5 Å². The highest BCUT2D eigenvalue weighted by atomic mass is 16.6. The first-order valence-corrected chi connectivity index (χ1v) is 8.01. The van der Waals surface area contributed by atoms with Gasteiger partial charge in [0.05, 0.1) is 12.3 Å². The van der Waals surface area contributed by atoms with E-state index in [1.807, 2.05) is 30.3 Å². The number of benzene rings is 1. The van der Waals surface area contributed by atoms with E-state index in [0.717, 1.165) is 11.3 Å². The zero-order valence-corrected chi connectivity index (χ0v) is 13.6. The predicted octanol–water partition coefficient (Wildman–Crippen LogP) is 1.99.